The molecule has 0 aliphatic carbocycles. The second kappa shape index (κ2) is 5.08. The van der Waals surface area contributed by atoms with E-state index in [-0.39, 0.29) is 11.4 Å². The molecule has 6 heteroatoms. The van der Waals surface area contributed by atoms with E-state index in [1.54, 1.807) is 12.1 Å². The lowest BCUT2D eigenvalue weighted by atomic mass is 10.3. The molecule has 0 radical (unpaired) electrons. The third kappa shape index (κ3) is 3.04. The van der Waals surface area contributed by atoms with Crippen molar-refractivity contribution < 1.29 is 4.39 Å². The summed E-state index contributed by atoms with van der Waals surface area (Å²) in [5.41, 5.74) is 2.02. The van der Waals surface area contributed by atoms with Crippen LogP contribution in [0.25, 0.3) is 0 Å². The molecule has 0 atom stereocenters. The molecule has 0 aliphatic heterocycles. The van der Waals surface area contributed by atoms with Crippen LogP contribution in [-0.2, 0) is 0 Å². The highest BCUT2D eigenvalue weighted by Crippen LogP contribution is 2.19. The molecule has 0 aromatic heterocycles. The summed E-state index contributed by atoms with van der Waals surface area (Å²) < 4.78 is 13.8. The van der Waals surface area contributed by atoms with Gasteiger partial charge in [0.05, 0.1) is 5.69 Å². The van der Waals surface area contributed by atoms with Gasteiger partial charge in [-0.3, -0.25) is 5.43 Å². The average Bonchev–Trinajstić information content (AvgIpc) is 2.24. The molecule has 0 unspecified atom stereocenters. The molecule has 1 rings (SSSR count). The van der Waals surface area contributed by atoms with Gasteiger partial charge >= 0.3 is 0 Å². The fourth-order valence-electron chi connectivity index (χ4n) is 0.774. The van der Waals surface area contributed by atoms with Gasteiger partial charge in [0, 0.05) is 4.47 Å². The van der Waals surface area contributed by atoms with E-state index in [0.29, 0.717) is 4.47 Å². The monoisotopic (exact) mass is 266 g/mol. The van der Waals surface area contributed by atoms with Gasteiger partial charge < -0.3 is 0 Å². The minimum atomic E-state index is -0.517. The summed E-state index contributed by atoms with van der Waals surface area (Å²) in [6.45, 7) is 0. The van der Waals surface area contributed by atoms with Crippen LogP contribution in [-0.4, -0.2) is 5.71 Å². The SMILES string of the molecule is N#CC(C#N)=NNc1cc(Br)ccc1F. The molecule has 0 amide bonds. The maximum absolute atomic E-state index is 13.1. The molecule has 15 heavy (non-hydrogen) atoms. The summed E-state index contributed by atoms with van der Waals surface area (Å²) in [5.74, 6) is -0.517. The van der Waals surface area contributed by atoms with Crippen LogP contribution in [0.2, 0.25) is 0 Å². The summed E-state index contributed by atoms with van der Waals surface area (Å²) in [5, 5.41) is 20.2. The molecule has 4 nitrogen and oxygen atoms in total. The van der Waals surface area contributed by atoms with Crippen molar-refractivity contribution in [3.8, 4) is 12.1 Å². The number of anilines is 1. The van der Waals surface area contributed by atoms with Crippen molar-refractivity contribution >= 4 is 27.3 Å². The molecule has 0 saturated heterocycles. The maximum Gasteiger partial charge on any atom is 0.237 e. The Bertz CT molecular complexity index is 468. The first kappa shape index (κ1) is 11.2. The van der Waals surface area contributed by atoms with Gasteiger partial charge in [0.25, 0.3) is 0 Å². The molecular formula is C9H4BrFN4. The van der Waals surface area contributed by atoms with Crippen LogP contribution in [0.5, 0.6) is 0 Å². The molecule has 0 heterocycles. The lowest BCUT2D eigenvalue weighted by Gasteiger charge is -2.01. The standard InChI is InChI=1S/C9H4BrFN4/c10-6-1-2-8(11)9(3-6)15-14-7(4-12)5-13/h1-3,15H. The predicted octanol–water partition coefficient (Wildman–Crippen LogP) is 2.40. The fraction of sp³-hybridized carbons (Fsp3) is 0. The first-order valence-electron chi connectivity index (χ1n) is 3.76. The van der Waals surface area contributed by atoms with E-state index < -0.39 is 5.82 Å². The summed E-state index contributed by atoms with van der Waals surface area (Å²) in [4.78, 5) is 0. The largest absolute Gasteiger partial charge is 0.273 e. The molecule has 1 N–H and O–H groups in total. The highest BCUT2D eigenvalue weighted by atomic mass is 79.9. The highest BCUT2D eigenvalue weighted by Gasteiger charge is 2.01. The van der Waals surface area contributed by atoms with Crippen LogP contribution < -0.4 is 5.43 Å². The van der Waals surface area contributed by atoms with Crippen LogP contribution in [0.4, 0.5) is 10.1 Å². The lowest BCUT2D eigenvalue weighted by Crippen LogP contribution is -1.98. The summed E-state index contributed by atoms with van der Waals surface area (Å²) in [7, 11) is 0. The van der Waals surface area contributed by atoms with Crippen LogP contribution in [0.15, 0.2) is 27.8 Å². The van der Waals surface area contributed by atoms with Gasteiger partial charge in [-0.2, -0.15) is 15.6 Å². The van der Waals surface area contributed by atoms with Gasteiger partial charge in [0.15, 0.2) is 0 Å². The fourth-order valence-corrected chi connectivity index (χ4v) is 1.14. The molecule has 1 aromatic carbocycles. The van der Waals surface area contributed by atoms with Crippen LogP contribution >= 0.6 is 15.9 Å². The van der Waals surface area contributed by atoms with Gasteiger partial charge in [0.2, 0.25) is 5.71 Å². The van der Waals surface area contributed by atoms with E-state index in [1.165, 1.54) is 18.2 Å². The van der Waals surface area contributed by atoms with Crippen LogP contribution in [0.3, 0.4) is 0 Å². The molecular weight excluding hydrogens is 263 g/mol. The Balaban J connectivity index is 2.92. The number of nitrogens with one attached hydrogen (secondary N) is 1. The second-order valence-corrected chi connectivity index (χ2v) is 3.34. The minimum Gasteiger partial charge on any atom is -0.273 e. The van der Waals surface area contributed by atoms with Crippen molar-refractivity contribution in [2.45, 2.75) is 0 Å². The Morgan fingerprint density at radius 1 is 1.40 bits per heavy atom. The van der Waals surface area contributed by atoms with Gasteiger partial charge in [-0.1, -0.05) is 15.9 Å². The predicted molar refractivity (Wildman–Crippen MR) is 56.4 cm³/mol. The number of hydrazone groups is 1. The maximum atomic E-state index is 13.1. The van der Waals surface area contributed by atoms with E-state index in [4.69, 9.17) is 10.5 Å². The summed E-state index contributed by atoms with van der Waals surface area (Å²) >= 11 is 3.15. The quantitative estimate of drug-likeness (QED) is 0.660. The first-order valence-corrected chi connectivity index (χ1v) is 4.55. The van der Waals surface area contributed by atoms with Crippen molar-refractivity contribution in [3.05, 3.63) is 28.5 Å². The Morgan fingerprint density at radius 3 is 2.67 bits per heavy atom. The third-order valence-corrected chi connectivity index (χ3v) is 1.92. The van der Waals surface area contributed by atoms with Gasteiger partial charge in [-0.25, -0.2) is 4.39 Å². The minimum absolute atomic E-state index is 0.0902. The van der Waals surface area contributed by atoms with E-state index in [0.717, 1.165) is 0 Å². The smallest absolute Gasteiger partial charge is 0.237 e. The molecule has 0 saturated carbocycles. The Morgan fingerprint density at radius 2 is 2.07 bits per heavy atom. The zero-order valence-electron chi connectivity index (χ0n) is 7.33. The summed E-state index contributed by atoms with van der Waals surface area (Å²) in [6, 6.07) is 7.31. The second-order valence-electron chi connectivity index (χ2n) is 2.42. The van der Waals surface area contributed by atoms with Gasteiger partial charge in [0.1, 0.15) is 18.0 Å². The number of hydrogen-bond donors (Lipinski definition) is 1. The van der Waals surface area contributed by atoms with Crippen molar-refractivity contribution in [2.24, 2.45) is 5.10 Å². The van der Waals surface area contributed by atoms with E-state index in [2.05, 4.69) is 26.5 Å². The molecule has 0 fully saturated rings. The van der Waals surface area contributed by atoms with E-state index in [1.807, 2.05) is 0 Å². The normalized spacial score (nSPS) is 8.53. The van der Waals surface area contributed by atoms with Crippen LogP contribution in [0.1, 0.15) is 0 Å². The number of nitrogens with zero attached hydrogens (tertiary/aromatic N) is 3. The summed E-state index contributed by atoms with van der Waals surface area (Å²) in [6.07, 6.45) is 0. The van der Waals surface area contributed by atoms with E-state index in [9.17, 15) is 4.39 Å². The third-order valence-electron chi connectivity index (χ3n) is 1.43. The number of rotatable bonds is 2. The number of nitriles is 2. The van der Waals surface area contributed by atoms with Crippen LogP contribution in [0, 0.1) is 28.5 Å². The van der Waals surface area contributed by atoms with Crippen molar-refractivity contribution in [2.75, 3.05) is 5.43 Å². The lowest BCUT2D eigenvalue weighted by molar-refractivity contribution is 0.630. The molecule has 0 bridgehead atoms. The Kier molecular flexibility index (Phi) is 3.78. The number of halogens is 2. The van der Waals surface area contributed by atoms with E-state index >= 15 is 0 Å². The van der Waals surface area contributed by atoms with Crippen molar-refractivity contribution in [3.63, 3.8) is 0 Å². The molecule has 74 valence electrons. The first-order chi connectivity index (χ1) is 7.17. The molecule has 0 spiro atoms. The Hall–Kier alpha value is -1.92. The van der Waals surface area contributed by atoms with Gasteiger partial charge in [-0.15, -0.1) is 0 Å². The number of benzene rings is 1. The molecule has 0 aliphatic rings. The zero-order chi connectivity index (χ0) is 11.3. The number of hydrogen-bond acceptors (Lipinski definition) is 4. The van der Waals surface area contributed by atoms with Crippen molar-refractivity contribution in [1.82, 2.24) is 0 Å². The Labute approximate surface area is 93.8 Å². The zero-order valence-corrected chi connectivity index (χ0v) is 8.92. The van der Waals surface area contributed by atoms with Gasteiger partial charge in [-0.05, 0) is 18.2 Å². The molecule has 1 aromatic rings. The van der Waals surface area contributed by atoms with Crippen molar-refractivity contribution in [1.29, 1.82) is 10.5 Å². The average molecular weight is 267 g/mol. The topological polar surface area (TPSA) is 72.0 Å². The highest BCUT2D eigenvalue weighted by molar-refractivity contribution is 9.10.